The van der Waals surface area contributed by atoms with Gasteiger partial charge in [-0.1, -0.05) is 52.4 Å². The molecule has 1 rings (SSSR count). The molecule has 3 unspecified atom stereocenters. The number of hydrogen-bond donors (Lipinski definition) is 4. The topological polar surface area (TPSA) is 134 Å². The van der Waals surface area contributed by atoms with E-state index in [1.165, 1.54) is 0 Å². The van der Waals surface area contributed by atoms with Crippen LogP contribution in [0.25, 0.3) is 0 Å². The van der Waals surface area contributed by atoms with Crippen LogP contribution in [0.5, 0.6) is 0 Å². The Kier molecular flexibility index (Phi) is 17.8. The molecule has 4 amide bonds. The van der Waals surface area contributed by atoms with Crippen LogP contribution in [-0.4, -0.2) is 167 Å². The van der Waals surface area contributed by atoms with E-state index in [2.05, 4.69) is 13.8 Å². The molecule has 1 saturated heterocycles. The summed E-state index contributed by atoms with van der Waals surface area (Å²) in [6.07, 6.45) is 4.26. The van der Waals surface area contributed by atoms with Gasteiger partial charge >= 0.3 is 12.1 Å². The van der Waals surface area contributed by atoms with E-state index < -0.39 is 36.7 Å². The summed E-state index contributed by atoms with van der Waals surface area (Å²) < 4.78 is 0. The Morgan fingerprint density at radius 3 is 1.43 bits per heavy atom. The number of rotatable bonds is 22. The normalized spacial score (nSPS) is 18.9. The number of β-amino-alcohol motifs (C(OH)–C–C–N with tert-alkyl or cyclic N) is 3. The number of aliphatic hydroxyl groups is 4. The van der Waals surface area contributed by atoms with Crippen molar-refractivity contribution in [3.63, 3.8) is 0 Å². The first-order valence-corrected chi connectivity index (χ1v) is 15.0. The van der Waals surface area contributed by atoms with Crippen LogP contribution in [0.2, 0.25) is 0 Å². The first kappa shape index (κ1) is 36.5. The molecule has 0 aromatic heterocycles. The Balaban J connectivity index is 2.94. The minimum absolute atomic E-state index is 0.198. The van der Waals surface area contributed by atoms with Gasteiger partial charge in [0.15, 0.2) is 0 Å². The minimum Gasteiger partial charge on any atom is -0.390 e. The summed E-state index contributed by atoms with van der Waals surface area (Å²) in [6, 6.07) is -1.56. The van der Waals surface area contributed by atoms with E-state index in [4.69, 9.17) is 0 Å². The first-order chi connectivity index (χ1) is 18.9. The molecule has 1 fully saturated rings. The summed E-state index contributed by atoms with van der Waals surface area (Å²) in [4.78, 5) is 35.4. The number of imide groups is 1. The van der Waals surface area contributed by atoms with Crippen LogP contribution >= 0.6 is 0 Å². The fourth-order valence-electron chi connectivity index (χ4n) is 5.04. The summed E-state index contributed by atoms with van der Waals surface area (Å²) in [6.45, 7) is 6.07. The van der Waals surface area contributed by atoms with Crippen LogP contribution in [0.4, 0.5) is 9.59 Å². The zero-order valence-electron chi connectivity index (χ0n) is 25.9. The fourth-order valence-corrected chi connectivity index (χ4v) is 5.04. The molecule has 0 bridgehead atoms. The van der Waals surface area contributed by atoms with E-state index >= 15 is 0 Å². The Hall–Kier alpha value is -1.54. The van der Waals surface area contributed by atoms with E-state index in [-0.39, 0.29) is 26.2 Å². The molecule has 0 aromatic carbocycles. The van der Waals surface area contributed by atoms with Gasteiger partial charge < -0.3 is 35.1 Å². The zero-order valence-corrected chi connectivity index (χ0v) is 25.9. The van der Waals surface area contributed by atoms with Gasteiger partial charge in [0.2, 0.25) is 6.35 Å². The molecule has 0 aromatic rings. The molecule has 1 aliphatic heterocycles. The number of nitrogens with zero attached hydrogens (tertiary/aromatic N) is 6. The maximum atomic E-state index is 13.3. The number of likely N-dealkylation sites (N-methyl/N-ethyl adjacent to an activating group) is 3. The van der Waals surface area contributed by atoms with Crippen LogP contribution in [0.3, 0.4) is 0 Å². The highest BCUT2D eigenvalue weighted by Gasteiger charge is 2.45. The van der Waals surface area contributed by atoms with Crippen molar-refractivity contribution in [2.45, 2.75) is 89.9 Å². The molecule has 12 heteroatoms. The Bertz CT molecular complexity index is 669. The summed E-state index contributed by atoms with van der Waals surface area (Å²) in [5.41, 5.74) is 0. The van der Waals surface area contributed by atoms with Crippen molar-refractivity contribution in [1.29, 1.82) is 0 Å². The van der Waals surface area contributed by atoms with Crippen LogP contribution in [0.1, 0.15) is 65.2 Å². The molecule has 3 atom stereocenters. The van der Waals surface area contributed by atoms with Crippen LogP contribution in [0, 0.1) is 0 Å². The minimum atomic E-state index is -1.64. The predicted molar refractivity (Wildman–Crippen MR) is 157 cm³/mol. The second-order valence-corrected chi connectivity index (χ2v) is 11.7. The number of unbranched alkanes of at least 4 members (excludes halogenated alkanes) is 6. The maximum Gasteiger partial charge on any atom is 0.331 e. The molecule has 1 aliphatic rings. The van der Waals surface area contributed by atoms with Gasteiger partial charge in [-0.2, -0.15) is 0 Å². The highest BCUT2D eigenvalue weighted by atomic mass is 16.3. The molecule has 0 radical (unpaired) electrons. The number of carbonyl (C=O) groups is 2. The van der Waals surface area contributed by atoms with Crippen molar-refractivity contribution < 1.29 is 30.0 Å². The van der Waals surface area contributed by atoms with Gasteiger partial charge in [-0.3, -0.25) is 9.80 Å². The standard InChI is InChI=1S/C28H58N6O6/c1-7-9-11-13-15-30(5)18-24(36)21-33-26(38)32(20-23(35)17-29(3)4)27(39)34(28(33)40)22-25(37)19-31(6)16-14-12-10-8-2/h23-25,28,35-37,40H,7-22H2,1-6H3. The van der Waals surface area contributed by atoms with Gasteiger partial charge in [0.05, 0.1) is 37.9 Å². The van der Waals surface area contributed by atoms with Crippen LogP contribution in [0.15, 0.2) is 0 Å². The van der Waals surface area contributed by atoms with Crippen molar-refractivity contribution in [2.24, 2.45) is 0 Å². The number of urea groups is 2. The van der Waals surface area contributed by atoms with Crippen LogP contribution in [-0.2, 0) is 0 Å². The largest absolute Gasteiger partial charge is 0.390 e. The van der Waals surface area contributed by atoms with E-state index in [9.17, 15) is 30.0 Å². The SMILES string of the molecule is CCCCCCN(C)CC(O)CN1C(=O)N(CC(O)CN(C)C)C(=O)N(CC(O)CN(C)CCCCCC)C1O. The quantitative estimate of drug-likeness (QED) is 0.140. The van der Waals surface area contributed by atoms with Gasteiger partial charge in [0.1, 0.15) is 0 Å². The molecule has 12 nitrogen and oxygen atoms in total. The lowest BCUT2D eigenvalue weighted by Gasteiger charge is -2.46. The lowest BCUT2D eigenvalue weighted by Crippen LogP contribution is -2.69. The number of carbonyl (C=O) groups excluding carboxylic acids is 2. The second kappa shape index (κ2) is 19.6. The Labute approximate surface area is 242 Å². The van der Waals surface area contributed by atoms with E-state index in [1.807, 2.05) is 23.9 Å². The highest BCUT2D eigenvalue weighted by molar-refractivity contribution is 5.96. The third-order valence-electron chi connectivity index (χ3n) is 7.13. The summed E-state index contributed by atoms with van der Waals surface area (Å²) in [5, 5.41) is 43.2. The third-order valence-corrected chi connectivity index (χ3v) is 7.13. The smallest absolute Gasteiger partial charge is 0.331 e. The number of amides is 4. The lowest BCUT2D eigenvalue weighted by atomic mass is 10.2. The van der Waals surface area contributed by atoms with Crippen molar-refractivity contribution in [2.75, 3.05) is 80.5 Å². The molecular weight excluding hydrogens is 516 g/mol. The molecule has 1 heterocycles. The van der Waals surface area contributed by atoms with Crippen molar-refractivity contribution in [1.82, 2.24) is 29.4 Å². The van der Waals surface area contributed by atoms with E-state index in [0.717, 1.165) is 79.2 Å². The lowest BCUT2D eigenvalue weighted by molar-refractivity contribution is -0.116. The molecule has 40 heavy (non-hydrogen) atoms. The van der Waals surface area contributed by atoms with Gasteiger partial charge in [-0.05, 0) is 54.1 Å². The molecule has 0 spiro atoms. The van der Waals surface area contributed by atoms with Crippen molar-refractivity contribution in [3.05, 3.63) is 0 Å². The van der Waals surface area contributed by atoms with Gasteiger partial charge in [-0.15, -0.1) is 0 Å². The first-order valence-electron chi connectivity index (χ1n) is 15.0. The number of aliphatic hydroxyl groups excluding tert-OH is 4. The summed E-state index contributed by atoms with van der Waals surface area (Å²) in [5.74, 6) is 0. The molecule has 0 aliphatic carbocycles. The number of hydrogen-bond acceptors (Lipinski definition) is 9. The monoisotopic (exact) mass is 574 g/mol. The molecule has 236 valence electrons. The predicted octanol–water partition coefficient (Wildman–Crippen LogP) is 1.09. The average Bonchev–Trinajstić information content (AvgIpc) is 2.87. The van der Waals surface area contributed by atoms with Gasteiger partial charge in [-0.25, -0.2) is 14.5 Å². The molecule has 4 N–H and O–H groups in total. The summed E-state index contributed by atoms with van der Waals surface area (Å²) >= 11 is 0. The van der Waals surface area contributed by atoms with Crippen LogP contribution < -0.4 is 0 Å². The van der Waals surface area contributed by atoms with Gasteiger partial charge in [0, 0.05) is 19.6 Å². The highest BCUT2D eigenvalue weighted by Crippen LogP contribution is 2.20. The third kappa shape index (κ3) is 13.4. The fraction of sp³-hybridized carbons (Fsp3) is 0.929. The Morgan fingerprint density at radius 1 is 0.650 bits per heavy atom. The van der Waals surface area contributed by atoms with E-state index in [0.29, 0.717) is 13.1 Å². The summed E-state index contributed by atoms with van der Waals surface area (Å²) in [7, 11) is 7.35. The average molecular weight is 575 g/mol. The van der Waals surface area contributed by atoms with Gasteiger partial charge in [0.25, 0.3) is 0 Å². The Morgan fingerprint density at radius 2 is 1.05 bits per heavy atom. The molecular formula is C28H58N6O6. The molecule has 0 saturated carbocycles. The van der Waals surface area contributed by atoms with Crippen molar-refractivity contribution in [3.8, 4) is 0 Å². The maximum absolute atomic E-state index is 13.3. The van der Waals surface area contributed by atoms with Crippen molar-refractivity contribution >= 4 is 12.1 Å². The zero-order chi connectivity index (χ0) is 30.2. The second-order valence-electron chi connectivity index (χ2n) is 11.7. The van der Waals surface area contributed by atoms with E-state index in [1.54, 1.807) is 19.0 Å².